The third-order valence-corrected chi connectivity index (χ3v) is 5.30. The van der Waals surface area contributed by atoms with Crippen LogP contribution in [0.15, 0.2) is 45.7 Å². The molecule has 0 spiro atoms. The molecule has 25 heavy (non-hydrogen) atoms. The molecule has 0 saturated heterocycles. The molecule has 2 aromatic heterocycles. The van der Waals surface area contributed by atoms with Crippen LogP contribution < -0.4 is 10.9 Å². The van der Waals surface area contributed by atoms with E-state index in [1.165, 1.54) is 30.0 Å². The average Bonchev–Trinajstić information content (AvgIpc) is 3.04. The van der Waals surface area contributed by atoms with E-state index in [4.69, 9.17) is 0 Å². The fourth-order valence-electron chi connectivity index (χ4n) is 2.18. The minimum Gasteiger partial charge on any atom is -0.325 e. The number of aromatic nitrogens is 2. The van der Waals surface area contributed by atoms with Crippen molar-refractivity contribution in [2.75, 3.05) is 5.32 Å². The highest BCUT2D eigenvalue weighted by Gasteiger charge is 2.17. The van der Waals surface area contributed by atoms with Gasteiger partial charge in [0.1, 0.15) is 4.83 Å². The Balaban J connectivity index is 1.72. The summed E-state index contributed by atoms with van der Waals surface area (Å²) < 4.78 is 0. The lowest BCUT2D eigenvalue weighted by molar-refractivity contribution is -0.115. The van der Waals surface area contributed by atoms with Gasteiger partial charge in [-0.25, -0.2) is 4.98 Å². The van der Waals surface area contributed by atoms with E-state index in [1.54, 1.807) is 42.6 Å². The third kappa shape index (κ3) is 3.97. The molecule has 0 aliphatic heterocycles. The van der Waals surface area contributed by atoms with Gasteiger partial charge >= 0.3 is 0 Å². The summed E-state index contributed by atoms with van der Waals surface area (Å²) in [5.74, 6) is -0.302. The monoisotopic (exact) mass is 373 g/mol. The number of nitrogens with one attached hydrogen (secondary N) is 2. The predicted molar refractivity (Wildman–Crippen MR) is 101 cm³/mol. The quantitative estimate of drug-likeness (QED) is 0.407. The number of hydrogen-bond acceptors (Lipinski definition) is 6. The lowest BCUT2D eigenvalue weighted by Crippen LogP contribution is -2.23. The van der Waals surface area contributed by atoms with Gasteiger partial charge in [-0.15, -0.1) is 11.3 Å². The van der Waals surface area contributed by atoms with Crippen molar-refractivity contribution in [2.45, 2.75) is 24.3 Å². The molecule has 0 saturated carbocycles. The molecule has 1 aromatic carbocycles. The fraction of sp³-hybridized carbons (Fsp3) is 0.176. The van der Waals surface area contributed by atoms with Crippen molar-refractivity contribution >= 4 is 50.7 Å². The molecule has 1 amide bonds. The Morgan fingerprint density at radius 2 is 2.12 bits per heavy atom. The highest BCUT2D eigenvalue weighted by atomic mass is 32.2. The van der Waals surface area contributed by atoms with Gasteiger partial charge in [0.05, 0.1) is 10.6 Å². The predicted octanol–water partition coefficient (Wildman–Crippen LogP) is 3.31. The van der Waals surface area contributed by atoms with E-state index >= 15 is 0 Å². The number of fused-ring (bicyclic) bond motifs is 1. The summed E-state index contributed by atoms with van der Waals surface area (Å²) in [6, 6.07) is 8.49. The highest BCUT2D eigenvalue weighted by Crippen LogP contribution is 2.23. The van der Waals surface area contributed by atoms with Crippen LogP contribution in [0.25, 0.3) is 10.2 Å². The van der Waals surface area contributed by atoms with E-state index in [2.05, 4.69) is 15.3 Å². The molecule has 3 rings (SSSR count). The van der Waals surface area contributed by atoms with E-state index < -0.39 is 5.25 Å². The molecule has 3 aromatic rings. The molecular formula is C17H15N3O3S2. The van der Waals surface area contributed by atoms with Crippen LogP contribution in [0.2, 0.25) is 0 Å². The summed E-state index contributed by atoms with van der Waals surface area (Å²) in [6.07, 6.45) is 0. The van der Waals surface area contributed by atoms with Crippen molar-refractivity contribution in [2.24, 2.45) is 0 Å². The number of rotatable bonds is 5. The first kappa shape index (κ1) is 17.4. The maximum Gasteiger partial charge on any atom is 0.260 e. The van der Waals surface area contributed by atoms with E-state index in [0.717, 1.165) is 0 Å². The summed E-state index contributed by atoms with van der Waals surface area (Å²) in [4.78, 5) is 43.4. The summed E-state index contributed by atoms with van der Waals surface area (Å²) in [6.45, 7) is 3.20. The lowest BCUT2D eigenvalue weighted by Gasteiger charge is -2.12. The number of carbonyl (C=O) groups excluding carboxylic acids is 2. The Kier molecular flexibility index (Phi) is 5.00. The normalized spacial score (nSPS) is 12.1. The number of benzene rings is 1. The van der Waals surface area contributed by atoms with Crippen molar-refractivity contribution in [3.63, 3.8) is 0 Å². The van der Waals surface area contributed by atoms with E-state index in [9.17, 15) is 14.4 Å². The van der Waals surface area contributed by atoms with Gasteiger partial charge in [-0.1, -0.05) is 23.9 Å². The van der Waals surface area contributed by atoms with Crippen molar-refractivity contribution in [1.29, 1.82) is 0 Å². The minimum absolute atomic E-state index is 0.0652. The Morgan fingerprint density at radius 3 is 2.88 bits per heavy atom. The minimum atomic E-state index is -0.471. The number of H-pyrrole nitrogens is 1. The van der Waals surface area contributed by atoms with Gasteiger partial charge in [-0.05, 0) is 37.4 Å². The van der Waals surface area contributed by atoms with Gasteiger partial charge in [0.25, 0.3) is 5.56 Å². The molecule has 8 heteroatoms. The van der Waals surface area contributed by atoms with Gasteiger partial charge in [0, 0.05) is 11.3 Å². The Bertz CT molecular complexity index is 1010. The maximum atomic E-state index is 12.4. The van der Waals surface area contributed by atoms with Crippen molar-refractivity contribution in [3.05, 3.63) is 51.6 Å². The van der Waals surface area contributed by atoms with Crippen molar-refractivity contribution < 1.29 is 9.59 Å². The molecule has 0 aliphatic carbocycles. The SMILES string of the molecule is CC(=O)c1cccc(NC(=O)[C@H](C)Sc2nc3sccc3c(=O)[nH]2)c1. The molecule has 1 atom stereocenters. The average molecular weight is 373 g/mol. The number of carbonyl (C=O) groups is 2. The molecular weight excluding hydrogens is 358 g/mol. The zero-order chi connectivity index (χ0) is 18.0. The Hall–Kier alpha value is -2.45. The molecule has 2 heterocycles. The second-order valence-electron chi connectivity index (χ2n) is 5.40. The highest BCUT2D eigenvalue weighted by molar-refractivity contribution is 8.00. The van der Waals surface area contributed by atoms with E-state index in [-0.39, 0.29) is 17.2 Å². The van der Waals surface area contributed by atoms with Crippen LogP contribution in [-0.2, 0) is 4.79 Å². The summed E-state index contributed by atoms with van der Waals surface area (Å²) in [5.41, 5.74) is 0.878. The second-order valence-corrected chi connectivity index (χ2v) is 7.62. The number of nitrogens with zero attached hydrogens (tertiary/aromatic N) is 1. The van der Waals surface area contributed by atoms with Crippen molar-refractivity contribution in [1.82, 2.24) is 9.97 Å². The van der Waals surface area contributed by atoms with E-state index in [1.807, 2.05) is 0 Å². The molecule has 0 fully saturated rings. The largest absolute Gasteiger partial charge is 0.325 e. The molecule has 0 unspecified atom stereocenters. The van der Waals surface area contributed by atoms with Gasteiger partial charge < -0.3 is 10.3 Å². The number of ketones is 1. The Morgan fingerprint density at radius 1 is 1.32 bits per heavy atom. The summed E-state index contributed by atoms with van der Waals surface area (Å²) >= 11 is 2.56. The van der Waals surface area contributed by atoms with E-state index in [0.29, 0.717) is 26.6 Å². The first-order valence-electron chi connectivity index (χ1n) is 7.50. The molecule has 128 valence electrons. The zero-order valence-electron chi connectivity index (χ0n) is 13.5. The van der Waals surface area contributed by atoms with Crippen LogP contribution in [0.4, 0.5) is 5.69 Å². The van der Waals surface area contributed by atoms with Crippen LogP contribution in [0.1, 0.15) is 24.2 Å². The topological polar surface area (TPSA) is 91.9 Å². The summed E-state index contributed by atoms with van der Waals surface area (Å²) in [5, 5.41) is 5.06. The first-order valence-corrected chi connectivity index (χ1v) is 9.26. The van der Waals surface area contributed by atoms with Gasteiger partial charge in [-0.3, -0.25) is 14.4 Å². The van der Waals surface area contributed by atoms with Crippen LogP contribution in [0.5, 0.6) is 0 Å². The molecule has 0 aliphatic rings. The van der Waals surface area contributed by atoms with Crippen LogP contribution in [0.3, 0.4) is 0 Å². The van der Waals surface area contributed by atoms with Crippen LogP contribution in [-0.4, -0.2) is 26.9 Å². The number of anilines is 1. The number of thiophene rings is 1. The molecule has 0 radical (unpaired) electrons. The third-order valence-electron chi connectivity index (χ3n) is 3.51. The standard InChI is InChI=1S/C17H15N3O3S2/c1-9(21)11-4-3-5-12(8-11)18-14(22)10(2)25-17-19-15(23)13-6-7-24-16(13)20-17/h3-8,10H,1-2H3,(H,18,22)(H,19,20,23)/t10-/m0/s1. The number of amides is 1. The molecule has 6 nitrogen and oxygen atoms in total. The molecule has 2 N–H and O–H groups in total. The van der Waals surface area contributed by atoms with Crippen LogP contribution in [0, 0.1) is 0 Å². The summed E-state index contributed by atoms with van der Waals surface area (Å²) in [7, 11) is 0. The first-order chi connectivity index (χ1) is 11.9. The second kappa shape index (κ2) is 7.20. The number of aromatic amines is 1. The van der Waals surface area contributed by atoms with Crippen molar-refractivity contribution in [3.8, 4) is 0 Å². The Labute approximate surface area is 151 Å². The van der Waals surface area contributed by atoms with Crippen LogP contribution >= 0.6 is 23.1 Å². The number of hydrogen-bond donors (Lipinski definition) is 2. The lowest BCUT2D eigenvalue weighted by atomic mass is 10.1. The number of thioether (sulfide) groups is 1. The van der Waals surface area contributed by atoms with Gasteiger partial charge in [0.2, 0.25) is 5.91 Å². The smallest absolute Gasteiger partial charge is 0.260 e. The van der Waals surface area contributed by atoms with Gasteiger partial charge in [-0.2, -0.15) is 0 Å². The van der Waals surface area contributed by atoms with Gasteiger partial charge in [0.15, 0.2) is 10.9 Å². The maximum absolute atomic E-state index is 12.4. The molecule has 0 bridgehead atoms. The zero-order valence-corrected chi connectivity index (χ0v) is 15.2. The number of Topliss-reactive ketones (excluding diaryl/α,β-unsaturated/α-hetero) is 1. The fourth-order valence-corrected chi connectivity index (χ4v) is 3.80.